The predicted octanol–water partition coefficient (Wildman–Crippen LogP) is 1.25. The van der Waals surface area contributed by atoms with Crippen LogP contribution in [0.4, 0.5) is 10.1 Å². The molecule has 1 aromatic rings. The van der Waals surface area contributed by atoms with Crippen LogP contribution in [0.1, 0.15) is 19.8 Å². The van der Waals surface area contributed by atoms with Gasteiger partial charge in [-0.3, -0.25) is 0 Å². The Morgan fingerprint density at radius 1 is 1.53 bits per heavy atom. The Labute approximate surface area is 112 Å². The molecule has 1 fully saturated rings. The zero-order chi connectivity index (χ0) is 14.0. The van der Waals surface area contributed by atoms with Crippen LogP contribution in [0.3, 0.4) is 0 Å². The topological polar surface area (TPSA) is 81.4 Å². The largest absolute Gasteiger partial charge is 0.398 e. The molecule has 3 N–H and O–H groups in total. The molecule has 0 spiro atoms. The third-order valence-electron chi connectivity index (χ3n) is 3.13. The average molecular weight is 288 g/mol. The fourth-order valence-electron chi connectivity index (χ4n) is 2.19. The summed E-state index contributed by atoms with van der Waals surface area (Å²) in [5, 5.41) is 0. The second-order valence-electron chi connectivity index (χ2n) is 4.62. The zero-order valence-electron chi connectivity index (χ0n) is 10.6. The summed E-state index contributed by atoms with van der Waals surface area (Å²) in [7, 11) is -3.99. The molecule has 1 heterocycles. The van der Waals surface area contributed by atoms with Gasteiger partial charge in [-0.25, -0.2) is 17.5 Å². The van der Waals surface area contributed by atoms with Gasteiger partial charge in [0.15, 0.2) is 0 Å². The molecule has 5 nitrogen and oxygen atoms in total. The number of rotatable bonds is 4. The third-order valence-corrected chi connectivity index (χ3v) is 4.78. The zero-order valence-corrected chi connectivity index (χ0v) is 11.4. The second kappa shape index (κ2) is 5.44. The van der Waals surface area contributed by atoms with Crippen LogP contribution >= 0.6 is 0 Å². The summed E-state index contributed by atoms with van der Waals surface area (Å²) in [4.78, 5) is -0.500. The molecule has 0 aliphatic carbocycles. The van der Waals surface area contributed by atoms with Gasteiger partial charge in [0.25, 0.3) is 0 Å². The fourth-order valence-corrected chi connectivity index (χ4v) is 3.65. The van der Waals surface area contributed by atoms with Crippen molar-refractivity contribution in [3.8, 4) is 0 Å². The van der Waals surface area contributed by atoms with E-state index in [1.54, 1.807) is 6.92 Å². The molecule has 1 aromatic carbocycles. The van der Waals surface area contributed by atoms with Gasteiger partial charge in [0.1, 0.15) is 10.7 Å². The van der Waals surface area contributed by atoms with E-state index in [0.717, 1.165) is 18.9 Å². The van der Waals surface area contributed by atoms with Crippen LogP contribution in [0.2, 0.25) is 0 Å². The number of sulfonamides is 1. The normalized spacial score (nSPS) is 21.5. The molecular weight excluding hydrogens is 271 g/mol. The molecule has 0 amide bonds. The number of nitrogen functional groups attached to an aromatic ring is 1. The van der Waals surface area contributed by atoms with Gasteiger partial charge < -0.3 is 10.5 Å². The summed E-state index contributed by atoms with van der Waals surface area (Å²) >= 11 is 0. The SMILES string of the molecule is CC(NS(=O)(=O)c1c(N)cccc1F)C1CCCO1. The predicted molar refractivity (Wildman–Crippen MR) is 69.6 cm³/mol. The molecule has 0 radical (unpaired) electrons. The fraction of sp³-hybridized carbons (Fsp3) is 0.500. The lowest BCUT2D eigenvalue weighted by Crippen LogP contribution is -2.41. The van der Waals surface area contributed by atoms with Crippen LogP contribution in [0.5, 0.6) is 0 Å². The van der Waals surface area contributed by atoms with Crippen LogP contribution in [0.15, 0.2) is 23.1 Å². The smallest absolute Gasteiger partial charge is 0.245 e. The van der Waals surface area contributed by atoms with Crippen molar-refractivity contribution >= 4 is 15.7 Å². The molecule has 7 heteroatoms. The van der Waals surface area contributed by atoms with Crippen LogP contribution in [-0.4, -0.2) is 27.2 Å². The van der Waals surface area contributed by atoms with Gasteiger partial charge in [-0.05, 0) is 31.9 Å². The van der Waals surface area contributed by atoms with E-state index in [2.05, 4.69) is 4.72 Å². The molecule has 0 saturated carbocycles. The number of benzene rings is 1. The summed E-state index contributed by atoms with van der Waals surface area (Å²) in [6, 6.07) is 3.37. The number of anilines is 1. The first-order valence-corrected chi connectivity index (χ1v) is 7.58. The highest BCUT2D eigenvalue weighted by molar-refractivity contribution is 7.89. The lowest BCUT2D eigenvalue weighted by molar-refractivity contribution is 0.0902. The molecule has 106 valence electrons. The number of hydrogen-bond donors (Lipinski definition) is 2. The summed E-state index contributed by atoms with van der Waals surface area (Å²) in [6.07, 6.45) is 1.51. The Hall–Kier alpha value is -1.18. The average Bonchev–Trinajstić information content (AvgIpc) is 2.80. The lowest BCUT2D eigenvalue weighted by Gasteiger charge is -2.20. The number of halogens is 1. The molecule has 19 heavy (non-hydrogen) atoms. The van der Waals surface area contributed by atoms with Crippen molar-refractivity contribution in [1.29, 1.82) is 0 Å². The van der Waals surface area contributed by atoms with Crippen molar-refractivity contribution in [2.24, 2.45) is 0 Å². The van der Waals surface area contributed by atoms with Gasteiger partial charge in [-0.1, -0.05) is 6.07 Å². The minimum absolute atomic E-state index is 0.105. The highest BCUT2D eigenvalue weighted by atomic mass is 32.2. The Balaban J connectivity index is 2.22. The van der Waals surface area contributed by atoms with Crippen molar-refractivity contribution in [3.63, 3.8) is 0 Å². The number of hydrogen-bond acceptors (Lipinski definition) is 4. The molecule has 2 rings (SSSR count). The summed E-state index contributed by atoms with van der Waals surface area (Å²) < 4.78 is 45.8. The van der Waals surface area contributed by atoms with Crippen molar-refractivity contribution in [3.05, 3.63) is 24.0 Å². The summed E-state index contributed by atoms with van der Waals surface area (Å²) in [5.74, 6) is -0.855. The van der Waals surface area contributed by atoms with Crippen LogP contribution in [0, 0.1) is 5.82 Å². The number of ether oxygens (including phenoxy) is 1. The highest BCUT2D eigenvalue weighted by Gasteiger charge is 2.29. The molecule has 2 unspecified atom stereocenters. The van der Waals surface area contributed by atoms with Gasteiger partial charge in [-0.2, -0.15) is 0 Å². The Bertz CT molecular complexity index is 536. The van der Waals surface area contributed by atoms with Crippen LogP contribution in [-0.2, 0) is 14.8 Å². The van der Waals surface area contributed by atoms with Gasteiger partial charge in [0.05, 0.1) is 11.8 Å². The molecular formula is C12H17FN2O3S. The van der Waals surface area contributed by atoms with E-state index >= 15 is 0 Å². The van der Waals surface area contributed by atoms with Crippen LogP contribution < -0.4 is 10.5 Å². The van der Waals surface area contributed by atoms with E-state index < -0.39 is 26.8 Å². The second-order valence-corrected chi connectivity index (χ2v) is 6.27. The minimum Gasteiger partial charge on any atom is -0.398 e. The quantitative estimate of drug-likeness (QED) is 0.817. The lowest BCUT2D eigenvalue weighted by atomic mass is 10.1. The standard InChI is InChI=1S/C12H17FN2O3S/c1-8(11-6-3-7-18-11)15-19(16,17)12-9(13)4-2-5-10(12)14/h2,4-5,8,11,15H,3,6-7,14H2,1H3. The van der Waals surface area contributed by atoms with E-state index in [9.17, 15) is 12.8 Å². The van der Waals surface area contributed by atoms with E-state index in [1.807, 2.05) is 0 Å². The summed E-state index contributed by atoms with van der Waals surface area (Å²) in [6.45, 7) is 2.32. The van der Waals surface area contributed by atoms with Gasteiger partial charge >= 0.3 is 0 Å². The number of nitrogens with two attached hydrogens (primary N) is 1. The van der Waals surface area contributed by atoms with Crippen molar-refractivity contribution in [1.82, 2.24) is 4.72 Å². The van der Waals surface area contributed by atoms with Crippen molar-refractivity contribution in [2.45, 2.75) is 36.8 Å². The molecule has 0 bridgehead atoms. The molecule has 1 saturated heterocycles. The molecule has 1 aliphatic rings. The summed E-state index contributed by atoms with van der Waals surface area (Å²) in [5.41, 5.74) is 5.44. The first-order chi connectivity index (χ1) is 8.92. The van der Waals surface area contributed by atoms with Crippen LogP contribution in [0.25, 0.3) is 0 Å². The van der Waals surface area contributed by atoms with Crippen molar-refractivity contribution in [2.75, 3.05) is 12.3 Å². The maximum Gasteiger partial charge on any atom is 0.245 e. The molecule has 0 aromatic heterocycles. The van der Waals surface area contributed by atoms with Gasteiger partial charge in [0.2, 0.25) is 10.0 Å². The van der Waals surface area contributed by atoms with E-state index in [1.165, 1.54) is 12.1 Å². The molecule has 1 aliphatic heterocycles. The monoisotopic (exact) mass is 288 g/mol. The van der Waals surface area contributed by atoms with E-state index in [0.29, 0.717) is 6.61 Å². The Kier molecular flexibility index (Phi) is 4.07. The van der Waals surface area contributed by atoms with E-state index in [-0.39, 0.29) is 11.8 Å². The first kappa shape index (κ1) is 14.2. The van der Waals surface area contributed by atoms with Crippen molar-refractivity contribution < 1.29 is 17.5 Å². The third kappa shape index (κ3) is 3.05. The number of nitrogens with one attached hydrogen (secondary N) is 1. The Morgan fingerprint density at radius 2 is 2.26 bits per heavy atom. The van der Waals surface area contributed by atoms with E-state index in [4.69, 9.17) is 10.5 Å². The van der Waals surface area contributed by atoms with Gasteiger partial charge in [0, 0.05) is 12.6 Å². The molecule has 2 atom stereocenters. The minimum atomic E-state index is -3.99. The first-order valence-electron chi connectivity index (χ1n) is 6.10. The highest BCUT2D eigenvalue weighted by Crippen LogP contribution is 2.23. The Morgan fingerprint density at radius 3 is 2.84 bits per heavy atom. The van der Waals surface area contributed by atoms with Gasteiger partial charge in [-0.15, -0.1) is 0 Å². The maximum absolute atomic E-state index is 13.6. The maximum atomic E-state index is 13.6.